The molecule has 1 unspecified atom stereocenters. The number of pyridine rings is 1. The number of nitrogens with zero attached hydrogens (tertiary/aromatic N) is 1. The summed E-state index contributed by atoms with van der Waals surface area (Å²) in [6, 6.07) is 9.02. The first-order chi connectivity index (χ1) is 12.6. The maximum atomic E-state index is 12.9. The monoisotopic (exact) mass is 355 g/mol. The lowest BCUT2D eigenvalue weighted by molar-refractivity contribution is -0.126. The lowest BCUT2D eigenvalue weighted by Gasteiger charge is -2.32. The molecule has 1 aromatic carbocycles. The van der Waals surface area contributed by atoms with Crippen LogP contribution in [0.4, 0.5) is 0 Å². The van der Waals surface area contributed by atoms with E-state index in [1.54, 1.807) is 11.0 Å². The van der Waals surface area contributed by atoms with Gasteiger partial charge in [-0.2, -0.15) is 0 Å². The molecular weight excluding hydrogens is 330 g/mol. The van der Waals surface area contributed by atoms with Crippen LogP contribution in [0.5, 0.6) is 0 Å². The van der Waals surface area contributed by atoms with Crippen LogP contribution in [0.15, 0.2) is 35.1 Å². The van der Waals surface area contributed by atoms with Gasteiger partial charge in [-0.05, 0) is 36.8 Å². The summed E-state index contributed by atoms with van der Waals surface area (Å²) in [5.74, 6) is -0.504. The van der Waals surface area contributed by atoms with E-state index in [1.165, 1.54) is 0 Å². The highest BCUT2D eigenvalue weighted by molar-refractivity contribution is 5.97. The minimum absolute atomic E-state index is 0.00312. The lowest BCUT2D eigenvalue weighted by Crippen LogP contribution is -2.46. The number of aromatic amines is 1. The third-order valence-electron chi connectivity index (χ3n) is 4.89. The van der Waals surface area contributed by atoms with Crippen molar-refractivity contribution in [3.63, 3.8) is 0 Å². The smallest absolute Gasteiger partial charge is 0.261 e. The van der Waals surface area contributed by atoms with Gasteiger partial charge in [-0.25, -0.2) is 0 Å². The fraction of sp³-hybridized carbons (Fsp3) is 0.450. The van der Waals surface area contributed by atoms with Crippen LogP contribution in [0.1, 0.15) is 43.0 Å². The molecule has 0 bridgehead atoms. The van der Waals surface area contributed by atoms with E-state index in [0.29, 0.717) is 25.2 Å². The molecule has 0 saturated carbocycles. The molecule has 6 nitrogen and oxygen atoms in total. The Morgan fingerprint density at radius 1 is 1.31 bits per heavy atom. The van der Waals surface area contributed by atoms with Gasteiger partial charge in [0.05, 0.1) is 5.92 Å². The molecule has 2 N–H and O–H groups in total. The van der Waals surface area contributed by atoms with Gasteiger partial charge in [-0.3, -0.25) is 14.4 Å². The Hall–Kier alpha value is -2.63. The number of benzene rings is 1. The minimum atomic E-state index is -0.386. The first-order valence-corrected chi connectivity index (χ1v) is 9.29. The van der Waals surface area contributed by atoms with Crippen LogP contribution >= 0.6 is 0 Å². The molecule has 0 spiro atoms. The van der Waals surface area contributed by atoms with E-state index < -0.39 is 0 Å². The summed E-state index contributed by atoms with van der Waals surface area (Å²) in [6.07, 6.45) is 3.52. The highest BCUT2D eigenvalue weighted by atomic mass is 16.2. The molecular formula is C20H25N3O3. The Kier molecular flexibility index (Phi) is 5.71. The van der Waals surface area contributed by atoms with Crippen molar-refractivity contribution in [2.45, 2.75) is 32.6 Å². The van der Waals surface area contributed by atoms with Gasteiger partial charge in [0.15, 0.2) is 0 Å². The number of para-hydroxylation sites is 1. The summed E-state index contributed by atoms with van der Waals surface area (Å²) in [7, 11) is 0. The third-order valence-corrected chi connectivity index (χ3v) is 4.89. The van der Waals surface area contributed by atoms with Gasteiger partial charge in [-0.15, -0.1) is 0 Å². The first kappa shape index (κ1) is 18.2. The van der Waals surface area contributed by atoms with Gasteiger partial charge in [0.25, 0.3) is 11.5 Å². The number of likely N-dealkylation sites (tertiary alicyclic amines) is 1. The average Bonchev–Trinajstić information content (AvgIpc) is 2.67. The predicted molar refractivity (Wildman–Crippen MR) is 101 cm³/mol. The van der Waals surface area contributed by atoms with Crippen LogP contribution in [0.25, 0.3) is 10.9 Å². The number of piperidine rings is 1. The second kappa shape index (κ2) is 8.17. The Morgan fingerprint density at radius 2 is 2.12 bits per heavy atom. The van der Waals surface area contributed by atoms with E-state index >= 15 is 0 Å². The summed E-state index contributed by atoms with van der Waals surface area (Å²) in [5, 5.41) is 3.76. The molecule has 0 aliphatic carbocycles. The van der Waals surface area contributed by atoms with Crippen molar-refractivity contribution < 1.29 is 9.59 Å². The fourth-order valence-electron chi connectivity index (χ4n) is 3.38. The van der Waals surface area contributed by atoms with Crippen LogP contribution in [0.2, 0.25) is 0 Å². The van der Waals surface area contributed by atoms with Crippen molar-refractivity contribution in [3.05, 3.63) is 46.2 Å². The molecule has 2 amide bonds. The summed E-state index contributed by atoms with van der Waals surface area (Å²) < 4.78 is 0. The third kappa shape index (κ3) is 3.95. The van der Waals surface area contributed by atoms with Crippen molar-refractivity contribution in [2.24, 2.45) is 5.92 Å². The second-order valence-electron chi connectivity index (χ2n) is 6.83. The summed E-state index contributed by atoms with van der Waals surface area (Å²) >= 11 is 0. The van der Waals surface area contributed by atoms with Gasteiger partial charge < -0.3 is 15.2 Å². The van der Waals surface area contributed by atoms with Crippen molar-refractivity contribution in [1.82, 2.24) is 15.2 Å². The number of H-pyrrole nitrogens is 1. The van der Waals surface area contributed by atoms with E-state index in [-0.39, 0.29) is 28.9 Å². The fourth-order valence-corrected chi connectivity index (χ4v) is 3.38. The van der Waals surface area contributed by atoms with E-state index in [1.807, 2.05) is 24.3 Å². The van der Waals surface area contributed by atoms with Crippen molar-refractivity contribution in [1.29, 1.82) is 0 Å². The quantitative estimate of drug-likeness (QED) is 0.808. The van der Waals surface area contributed by atoms with Crippen molar-refractivity contribution in [3.8, 4) is 0 Å². The molecule has 1 fully saturated rings. The number of carbonyl (C=O) groups is 2. The Bertz CT molecular complexity index is 859. The normalized spacial score (nSPS) is 17.3. The number of unbranched alkanes of at least 4 members (excludes halogenated alkanes) is 1. The Morgan fingerprint density at radius 3 is 2.92 bits per heavy atom. The molecule has 1 aliphatic rings. The summed E-state index contributed by atoms with van der Waals surface area (Å²) in [4.78, 5) is 41.9. The molecule has 0 radical (unpaired) electrons. The number of aromatic nitrogens is 1. The molecule has 26 heavy (non-hydrogen) atoms. The van der Waals surface area contributed by atoms with Crippen LogP contribution in [-0.2, 0) is 4.79 Å². The van der Waals surface area contributed by atoms with Crippen LogP contribution in [0, 0.1) is 5.92 Å². The standard InChI is InChI=1S/C20H25N3O3/c1-2-3-10-21-18(24)15-8-6-11-23(13-15)20(26)16-12-14-7-4-5-9-17(14)22-19(16)25/h4-5,7,9,12,15H,2-3,6,8,10-11,13H2,1H3,(H,21,24)(H,22,25). The molecule has 1 aromatic heterocycles. The summed E-state index contributed by atoms with van der Waals surface area (Å²) in [5.41, 5.74) is 0.458. The van der Waals surface area contributed by atoms with E-state index in [0.717, 1.165) is 31.1 Å². The molecule has 2 heterocycles. The van der Waals surface area contributed by atoms with Crippen LogP contribution in [0.3, 0.4) is 0 Å². The molecule has 6 heteroatoms. The average molecular weight is 355 g/mol. The highest BCUT2D eigenvalue weighted by Crippen LogP contribution is 2.19. The Labute approximate surface area is 152 Å². The van der Waals surface area contributed by atoms with E-state index in [4.69, 9.17) is 0 Å². The van der Waals surface area contributed by atoms with Crippen LogP contribution in [-0.4, -0.2) is 41.3 Å². The minimum Gasteiger partial charge on any atom is -0.356 e. The SMILES string of the molecule is CCCCNC(=O)C1CCCN(C(=O)c2cc3ccccc3[nH]c2=O)C1. The molecule has 2 aromatic rings. The maximum absolute atomic E-state index is 12.9. The number of amides is 2. The zero-order chi connectivity index (χ0) is 18.5. The summed E-state index contributed by atoms with van der Waals surface area (Å²) in [6.45, 7) is 3.69. The molecule has 3 rings (SSSR count). The van der Waals surface area contributed by atoms with Gasteiger partial charge in [0, 0.05) is 25.2 Å². The number of nitrogens with one attached hydrogen (secondary N) is 2. The molecule has 1 aliphatic heterocycles. The number of hydrogen-bond acceptors (Lipinski definition) is 3. The number of fused-ring (bicyclic) bond motifs is 1. The van der Waals surface area contributed by atoms with Gasteiger partial charge in [0.2, 0.25) is 5.91 Å². The van der Waals surface area contributed by atoms with E-state index in [9.17, 15) is 14.4 Å². The highest BCUT2D eigenvalue weighted by Gasteiger charge is 2.29. The number of carbonyl (C=O) groups excluding carboxylic acids is 2. The van der Waals surface area contributed by atoms with Crippen molar-refractivity contribution in [2.75, 3.05) is 19.6 Å². The zero-order valence-electron chi connectivity index (χ0n) is 15.1. The number of hydrogen-bond donors (Lipinski definition) is 2. The van der Waals surface area contributed by atoms with Gasteiger partial charge in [-0.1, -0.05) is 31.5 Å². The van der Waals surface area contributed by atoms with Crippen LogP contribution < -0.4 is 10.9 Å². The van der Waals surface area contributed by atoms with Crippen molar-refractivity contribution >= 4 is 22.7 Å². The molecule has 1 saturated heterocycles. The topological polar surface area (TPSA) is 82.3 Å². The van der Waals surface area contributed by atoms with Gasteiger partial charge in [0.1, 0.15) is 5.56 Å². The predicted octanol–water partition coefficient (Wildman–Crippen LogP) is 2.30. The zero-order valence-corrected chi connectivity index (χ0v) is 15.1. The number of rotatable bonds is 5. The molecule has 138 valence electrons. The first-order valence-electron chi connectivity index (χ1n) is 9.29. The van der Waals surface area contributed by atoms with E-state index in [2.05, 4.69) is 17.2 Å². The Balaban J connectivity index is 1.74. The second-order valence-corrected chi connectivity index (χ2v) is 6.83. The lowest BCUT2D eigenvalue weighted by atomic mass is 9.96. The maximum Gasteiger partial charge on any atom is 0.261 e. The largest absolute Gasteiger partial charge is 0.356 e. The molecule has 1 atom stereocenters. The van der Waals surface area contributed by atoms with Gasteiger partial charge >= 0.3 is 0 Å².